The Morgan fingerprint density at radius 3 is 2.29 bits per heavy atom. The number of anilines is 2. The van der Waals surface area contributed by atoms with Gasteiger partial charge in [0.1, 0.15) is 11.5 Å². The third kappa shape index (κ3) is 4.49. The molecule has 126 valence electrons. The normalized spacial score (nSPS) is 9.96. The van der Waals surface area contributed by atoms with Crippen LogP contribution in [0.15, 0.2) is 42.5 Å². The first-order valence-corrected chi connectivity index (χ1v) is 7.40. The van der Waals surface area contributed by atoms with Crippen molar-refractivity contribution in [2.75, 3.05) is 31.4 Å². The molecule has 0 aromatic heterocycles. The Hall–Kier alpha value is -3.02. The lowest BCUT2D eigenvalue weighted by Gasteiger charge is -2.12. The molecule has 1 amide bonds. The second-order valence-corrected chi connectivity index (χ2v) is 5.10. The Bertz CT molecular complexity index is 726. The fourth-order valence-corrected chi connectivity index (χ4v) is 2.12. The molecule has 24 heavy (non-hydrogen) atoms. The Kier molecular flexibility index (Phi) is 5.78. The van der Waals surface area contributed by atoms with Crippen molar-refractivity contribution in [3.63, 3.8) is 0 Å². The molecule has 2 aromatic carbocycles. The number of amides is 1. The first-order chi connectivity index (χ1) is 11.5. The van der Waals surface area contributed by atoms with Gasteiger partial charge in [-0.1, -0.05) is 0 Å². The molecule has 0 unspecified atom stereocenters. The Balaban J connectivity index is 1.96. The third-order valence-corrected chi connectivity index (χ3v) is 3.42. The van der Waals surface area contributed by atoms with Crippen LogP contribution >= 0.6 is 0 Å². The molecule has 0 aliphatic rings. The van der Waals surface area contributed by atoms with Gasteiger partial charge in [-0.05, 0) is 43.3 Å². The van der Waals surface area contributed by atoms with E-state index < -0.39 is 0 Å². The summed E-state index contributed by atoms with van der Waals surface area (Å²) in [6, 6.07) is 12.0. The maximum Gasteiger partial charge on any atom is 0.243 e. The molecule has 0 radical (unpaired) electrons. The molecule has 0 saturated heterocycles. The lowest BCUT2D eigenvalue weighted by Crippen LogP contribution is -2.22. The van der Waals surface area contributed by atoms with Gasteiger partial charge >= 0.3 is 0 Å². The van der Waals surface area contributed by atoms with E-state index in [-0.39, 0.29) is 18.2 Å². The van der Waals surface area contributed by atoms with Crippen molar-refractivity contribution in [1.29, 1.82) is 0 Å². The summed E-state index contributed by atoms with van der Waals surface area (Å²) in [6.45, 7) is 1.57. The molecule has 0 aliphatic carbocycles. The molecule has 0 fully saturated rings. The molecule has 0 spiro atoms. The molecule has 2 aromatic rings. The number of benzene rings is 2. The van der Waals surface area contributed by atoms with Crippen LogP contribution in [-0.4, -0.2) is 32.5 Å². The highest BCUT2D eigenvalue weighted by atomic mass is 16.5. The third-order valence-electron chi connectivity index (χ3n) is 3.42. The van der Waals surface area contributed by atoms with E-state index in [0.29, 0.717) is 28.4 Å². The van der Waals surface area contributed by atoms with Gasteiger partial charge in [0.25, 0.3) is 0 Å². The molecule has 6 heteroatoms. The van der Waals surface area contributed by atoms with Crippen LogP contribution in [0.1, 0.15) is 17.3 Å². The smallest absolute Gasteiger partial charge is 0.243 e. The van der Waals surface area contributed by atoms with Crippen LogP contribution in [-0.2, 0) is 4.79 Å². The second-order valence-electron chi connectivity index (χ2n) is 5.10. The molecular weight excluding hydrogens is 308 g/mol. The van der Waals surface area contributed by atoms with Crippen molar-refractivity contribution < 1.29 is 19.1 Å². The fourth-order valence-electron chi connectivity index (χ4n) is 2.12. The zero-order valence-corrected chi connectivity index (χ0v) is 13.9. The lowest BCUT2D eigenvalue weighted by atomic mass is 10.1. The highest BCUT2D eigenvalue weighted by molar-refractivity contribution is 5.96. The SMILES string of the molecule is COc1ccc(OC)c(NCC(=O)Nc2ccc(C(C)=O)cc2)c1. The Labute approximate surface area is 140 Å². The van der Waals surface area contributed by atoms with Gasteiger partial charge in [0.15, 0.2) is 5.78 Å². The zero-order valence-electron chi connectivity index (χ0n) is 13.9. The minimum atomic E-state index is -0.213. The predicted octanol–water partition coefficient (Wildman–Crippen LogP) is 2.96. The molecule has 2 N–H and O–H groups in total. The predicted molar refractivity (Wildman–Crippen MR) is 93.1 cm³/mol. The van der Waals surface area contributed by atoms with Crippen LogP contribution in [0.5, 0.6) is 11.5 Å². The molecule has 0 saturated carbocycles. The summed E-state index contributed by atoms with van der Waals surface area (Å²) in [5.74, 6) is 1.06. The van der Waals surface area contributed by atoms with E-state index >= 15 is 0 Å². The summed E-state index contributed by atoms with van der Waals surface area (Å²) in [5, 5.41) is 5.78. The summed E-state index contributed by atoms with van der Waals surface area (Å²) in [7, 11) is 3.13. The van der Waals surface area contributed by atoms with Gasteiger partial charge in [0.05, 0.1) is 26.5 Å². The van der Waals surface area contributed by atoms with E-state index in [0.717, 1.165) is 0 Å². The van der Waals surface area contributed by atoms with Gasteiger partial charge in [0, 0.05) is 17.3 Å². The topological polar surface area (TPSA) is 76.7 Å². The van der Waals surface area contributed by atoms with Gasteiger partial charge < -0.3 is 20.1 Å². The lowest BCUT2D eigenvalue weighted by molar-refractivity contribution is -0.114. The van der Waals surface area contributed by atoms with Crippen molar-refractivity contribution in [2.45, 2.75) is 6.92 Å². The molecule has 0 heterocycles. The van der Waals surface area contributed by atoms with E-state index in [1.165, 1.54) is 6.92 Å². The van der Waals surface area contributed by atoms with Gasteiger partial charge in [-0.25, -0.2) is 0 Å². The number of methoxy groups -OCH3 is 2. The average molecular weight is 328 g/mol. The summed E-state index contributed by atoms with van der Waals surface area (Å²) in [6.07, 6.45) is 0. The maximum atomic E-state index is 12.0. The Morgan fingerprint density at radius 1 is 1.00 bits per heavy atom. The van der Waals surface area contributed by atoms with E-state index in [1.807, 2.05) is 0 Å². The maximum absolute atomic E-state index is 12.0. The van der Waals surface area contributed by atoms with E-state index in [4.69, 9.17) is 9.47 Å². The van der Waals surface area contributed by atoms with Gasteiger partial charge in [-0.15, -0.1) is 0 Å². The van der Waals surface area contributed by atoms with Crippen molar-refractivity contribution in [3.8, 4) is 11.5 Å². The molecule has 0 bridgehead atoms. The van der Waals surface area contributed by atoms with Gasteiger partial charge in [0.2, 0.25) is 5.91 Å². The number of Topliss-reactive ketones (excluding diaryl/α,β-unsaturated/α-hetero) is 1. The highest BCUT2D eigenvalue weighted by Crippen LogP contribution is 2.28. The number of carbonyl (C=O) groups excluding carboxylic acids is 2. The highest BCUT2D eigenvalue weighted by Gasteiger charge is 2.08. The number of hydrogen-bond acceptors (Lipinski definition) is 5. The first-order valence-electron chi connectivity index (χ1n) is 7.40. The Morgan fingerprint density at radius 2 is 1.71 bits per heavy atom. The number of carbonyl (C=O) groups is 2. The number of nitrogens with one attached hydrogen (secondary N) is 2. The van der Waals surface area contributed by atoms with Crippen LogP contribution in [0.4, 0.5) is 11.4 Å². The summed E-state index contributed by atoms with van der Waals surface area (Å²) in [5.41, 5.74) is 1.90. The van der Waals surface area contributed by atoms with E-state index in [9.17, 15) is 9.59 Å². The van der Waals surface area contributed by atoms with Crippen LogP contribution in [0.2, 0.25) is 0 Å². The minimum absolute atomic E-state index is 0.0142. The van der Waals surface area contributed by atoms with Crippen molar-refractivity contribution in [3.05, 3.63) is 48.0 Å². The van der Waals surface area contributed by atoms with Crippen LogP contribution < -0.4 is 20.1 Å². The number of ketones is 1. The number of rotatable bonds is 7. The quantitative estimate of drug-likeness (QED) is 0.764. The monoisotopic (exact) mass is 328 g/mol. The molecule has 0 aliphatic heterocycles. The number of ether oxygens (including phenoxy) is 2. The summed E-state index contributed by atoms with van der Waals surface area (Å²) >= 11 is 0. The van der Waals surface area contributed by atoms with E-state index in [2.05, 4.69) is 10.6 Å². The zero-order chi connectivity index (χ0) is 17.5. The van der Waals surface area contributed by atoms with Crippen LogP contribution in [0.3, 0.4) is 0 Å². The van der Waals surface area contributed by atoms with Crippen LogP contribution in [0.25, 0.3) is 0 Å². The standard InChI is InChI=1S/C18H20N2O4/c1-12(21)13-4-6-14(7-5-13)20-18(22)11-19-16-10-15(23-2)8-9-17(16)24-3/h4-10,19H,11H2,1-3H3,(H,20,22). The second kappa shape index (κ2) is 8.01. The van der Waals surface area contributed by atoms with Crippen LogP contribution in [0, 0.1) is 0 Å². The molecule has 2 rings (SSSR count). The van der Waals surface area contributed by atoms with Crippen molar-refractivity contribution in [2.24, 2.45) is 0 Å². The van der Waals surface area contributed by atoms with Gasteiger partial charge in [-0.3, -0.25) is 9.59 Å². The summed E-state index contributed by atoms with van der Waals surface area (Å²) in [4.78, 5) is 23.3. The fraction of sp³-hybridized carbons (Fsp3) is 0.222. The largest absolute Gasteiger partial charge is 0.497 e. The first kappa shape index (κ1) is 17.3. The minimum Gasteiger partial charge on any atom is -0.497 e. The molecule has 6 nitrogen and oxygen atoms in total. The number of hydrogen-bond donors (Lipinski definition) is 2. The van der Waals surface area contributed by atoms with Gasteiger partial charge in [-0.2, -0.15) is 0 Å². The summed E-state index contributed by atoms with van der Waals surface area (Å²) < 4.78 is 10.4. The molecule has 0 atom stereocenters. The molecular formula is C18H20N2O4. The average Bonchev–Trinajstić information content (AvgIpc) is 2.60. The van der Waals surface area contributed by atoms with E-state index in [1.54, 1.807) is 56.7 Å². The van der Waals surface area contributed by atoms with Crippen molar-refractivity contribution in [1.82, 2.24) is 0 Å². The van der Waals surface area contributed by atoms with Crippen molar-refractivity contribution >= 4 is 23.1 Å².